The number of halogens is 2. The van der Waals surface area contributed by atoms with Crippen molar-refractivity contribution >= 4 is 44.0 Å². The molecule has 2 heterocycles. The highest BCUT2D eigenvalue weighted by molar-refractivity contribution is 7.88. The van der Waals surface area contributed by atoms with Crippen LogP contribution in [0.1, 0.15) is 6.42 Å². The summed E-state index contributed by atoms with van der Waals surface area (Å²) >= 11 is 5.87. The molecule has 0 spiro atoms. The molecule has 0 aliphatic carbocycles. The first-order chi connectivity index (χ1) is 14.8. The van der Waals surface area contributed by atoms with Crippen molar-refractivity contribution in [3.05, 3.63) is 47.5 Å². The fourth-order valence-electron chi connectivity index (χ4n) is 3.42. The van der Waals surface area contributed by atoms with E-state index in [4.69, 9.17) is 21.1 Å². The van der Waals surface area contributed by atoms with Crippen LogP contribution in [-0.2, 0) is 10.0 Å². The van der Waals surface area contributed by atoms with Gasteiger partial charge in [-0.2, -0.15) is 4.31 Å². The number of methoxy groups -OCH3 is 1. The Hall–Kier alpha value is -2.69. The minimum Gasteiger partial charge on any atom is -0.493 e. The van der Waals surface area contributed by atoms with E-state index in [1.165, 1.54) is 30.1 Å². The van der Waals surface area contributed by atoms with E-state index in [-0.39, 0.29) is 23.4 Å². The topological polar surface area (TPSA) is 93.7 Å². The van der Waals surface area contributed by atoms with E-state index in [2.05, 4.69) is 15.3 Å². The van der Waals surface area contributed by atoms with Crippen molar-refractivity contribution in [1.82, 2.24) is 14.3 Å². The number of nitrogens with zero attached hydrogens (tertiary/aromatic N) is 3. The van der Waals surface area contributed by atoms with Crippen molar-refractivity contribution in [1.29, 1.82) is 0 Å². The Bertz CT molecular complexity index is 1240. The molecular formula is C20H20ClFN4O4S. The summed E-state index contributed by atoms with van der Waals surface area (Å²) in [5, 5.41) is 3.52. The van der Waals surface area contributed by atoms with Crippen LogP contribution in [0.3, 0.4) is 0 Å². The Morgan fingerprint density at radius 2 is 2.06 bits per heavy atom. The van der Waals surface area contributed by atoms with Gasteiger partial charge < -0.3 is 14.8 Å². The number of hydrogen-bond acceptors (Lipinski definition) is 7. The zero-order valence-corrected chi connectivity index (χ0v) is 18.4. The first-order valence-electron chi connectivity index (χ1n) is 9.42. The molecule has 1 fully saturated rings. The highest BCUT2D eigenvalue weighted by Crippen LogP contribution is 2.36. The number of ether oxygens (including phenoxy) is 2. The molecular weight excluding hydrogens is 447 g/mol. The fourth-order valence-corrected chi connectivity index (χ4v) is 4.47. The quantitative estimate of drug-likeness (QED) is 0.593. The highest BCUT2D eigenvalue weighted by Gasteiger charge is 2.30. The number of sulfonamides is 1. The molecule has 1 atom stereocenters. The minimum atomic E-state index is -3.28. The standard InChI is InChI=1S/C20H20ClFN4O4S/c1-29-17-9-16-13(8-18(17)30-12-6-7-26(10-12)31(2,27)28)20(24-11-23-16)25-15-5-3-4-14(21)19(15)22/h3-5,8-9,11-12H,6-7,10H2,1-2H3,(H,23,24,25)/t12-/m0/s1. The smallest absolute Gasteiger partial charge is 0.211 e. The van der Waals surface area contributed by atoms with Crippen LogP contribution in [-0.4, -0.2) is 55.3 Å². The first-order valence-corrected chi connectivity index (χ1v) is 11.6. The van der Waals surface area contributed by atoms with Crippen molar-refractivity contribution in [3.63, 3.8) is 0 Å². The molecule has 1 saturated heterocycles. The Balaban J connectivity index is 1.68. The molecule has 31 heavy (non-hydrogen) atoms. The van der Waals surface area contributed by atoms with Crippen molar-refractivity contribution in [3.8, 4) is 11.5 Å². The van der Waals surface area contributed by atoms with Gasteiger partial charge in [0.25, 0.3) is 0 Å². The lowest BCUT2D eigenvalue weighted by Gasteiger charge is -2.18. The number of anilines is 2. The zero-order chi connectivity index (χ0) is 22.2. The summed E-state index contributed by atoms with van der Waals surface area (Å²) in [6.07, 6.45) is 2.76. The van der Waals surface area contributed by atoms with Gasteiger partial charge in [-0.3, -0.25) is 0 Å². The van der Waals surface area contributed by atoms with Crippen LogP contribution in [0.4, 0.5) is 15.9 Å². The summed E-state index contributed by atoms with van der Waals surface area (Å²) in [6.45, 7) is 0.646. The van der Waals surface area contributed by atoms with E-state index in [9.17, 15) is 12.8 Å². The van der Waals surface area contributed by atoms with Gasteiger partial charge in [0.15, 0.2) is 17.3 Å². The fraction of sp³-hybridized carbons (Fsp3) is 0.300. The van der Waals surface area contributed by atoms with Gasteiger partial charge in [-0.25, -0.2) is 22.8 Å². The maximum atomic E-state index is 14.4. The van der Waals surface area contributed by atoms with Crippen molar-refractivity contribution in [2.24, 2.45) is 0 Å². The molecule has 4 rings (SSSR count). The van der Waals surface area contributed by atoms with Crippen molar-refractivity contribution < 1.29 is 22.3 Å². The molecule has 3 aromatic rings. The molecule has 2 aromatic carbocycles. The number of benzene rings is 2. The monoisotopic (exact) mass is 466 g/mol. The molecule has 0 bridgehead atoms. The average molecular weight is 467 g/mol. The maximum absolute atomic E-state index is 14.4. The molecule has 8 nitrogen and oxygen atoms in total. The van der Waals surface area contributed by atoms with E-state index in [1.807, 2.05) is 0 Å². The summed E-state index contributed by atoms with van der Waals surface area (Å²) in [5.74, 6) is 0.638. The van der Waals surface area contributed by atoms with Gasteiger partial charge in [-0.1, -0.05) is 17.7 Å². The third kappa shape index (κ3) is 4.51. The van der Waals surface area contributed by atoms with Gasteiger partial charge in [-0.05, 0) is 24.6 Å². The number of hydrogen-bond donors (Lipinski definition) is 1. The normalized spacial score (nSPS) is 17.1. The summed E-state index contributed by atoms with van der Waals surface area (Å²) < 4.78 is 50.8. The lowest BCUT2D eigenvalue weighted by atomic mass is 10.2. The molecule has 11 heteroatoms. The minimum absolute atomic E-state index is 0.00860. The van der Waals surface area contributed by atoms with Gasteiger partial charge in [0.1, 0.15) is 18.2 Å². The third-order valence-corrected chi connectivity index (χ3v) is 6.56. The molecule has 0 radical (unpaired) electrons. The van der Waals surface area contributed by atoms with E-state index < -0.39 is 15.8 Å². The van der Waals surface area contributed by atoms with Crippen LogP contribution in [0, 0.1) is 5.82 Å². The Morgan fingerprint density at radius 3 is 2.77 bits per heavy atom. The molecule has 1 N–H and O–H groups in total. The Labute approximate surface area is 184 Å². The van der Waals surface area contributed by atoms with Gasteiger partial charge in [0.2, 0.25) is 10.0 Å². The lowest BCUT2D eigenvalue weighted by molar-refractivity contribution is 0.206. The first kappa shape index (κ1) is 21.5. The Kier molecular flexibility index (Phi) is 5.87. The van der Waals surface area contributed by atoms with Gasteiger partial charge >= 0.3 is 0 Å². The predicted octanol–water partition coefficient (Wildman–Crippen LogP) is 3.59. The summed E-state index contributed by atoms with van der Waals surface area (Å²) in [7, 11) is -1.77. The molecule has 0 amide bonds. The highest BCUT2D eigenvalue weighted by atomic mass is 35.5. The van der Waals surface area contributed by atoms with Gasteiger partial charge in [0.05, 0.1) is 36.1 Å². The maximum Gasteiger partial charge on any atom is 0.211 e. The van der Waals surface area contributed by atoms with Crippen LogP contribution >= 0.6 is 11.6 Å². The third-order valence-electron chi connectivity index (χ3n) is 5.00. The second-order valence-corrected chi connectivity index (χ2v) is 9.51. The van der Waals surface area contributed by atoms with Crippen LogP contribution < -0.4 is 14.8 Å². The van der Waals surface area contributed by atoms with Crippen LogP contribution in [0.25, 0.3) is 10.9 Å². The zero-order valence-electron chi connectivity index (χ0n) is 16.8. The lowest BCUT2D eigenvalue weighted by Crippen LogP contribution is -2.29. The van der Waals surface area contributed by atoms with E-state index in [1.54, 1.807) is 24.3 Å². The molecule has 0 unspecified atom stereocenters. The van der Waals surface area contributed by atoms with Crippen molar-refractivity contribution in [2.45, 2.75) is 12.5 Å². The predicted molar refractivity (Wildman–Crippen MR) is 116 cm³/mol. The molecule has 1 aliphatic rings. The number of nitrogens with one attached hydrogen (secondary N) is 1. The molecule has 164 valence electrons. The average Bonchev–Trinajstić information content (AvgIpc) is 3.20. The van der Waals surface area contributed by atoms with E-state index >= 15 is 0 Å². The summed E-state index contributed by atoms with van der Waals surface area (Å²) in [5.41, 5.74) is 0.735. The summed E-state index contributed by atoms with van der Waals surface area (Å²) in [4.78, 5) is 8.49. The van der Waals surface area contributed by atoms with Gasteiger partial charge in [-0.15, -0.1) is 0 Å². The van der Waals surface area contributed by atoms with Crippen molar-refractivity contribution in [2.75, 3.05) is 31.8 Å². The van der Waals surface area contributed by atoms with E-state index in [0.29, 0.717) is 41.2 Å². The number of aromatic nitrogens is 2. The molecule has 1 aromatic heterocycles. The number of fused-ring (bicyclic) bond motifs is 1. The van der Waals surface area contributed by atoms with Crippen LogP contribution in [0.2, 0.25) is 5.02 Å². The van der Waals surface area contributed by atoms with E-state index in [0.717, 1.165) is 0 Å². The SMILES string of the molecule is COc1cc2ncnc(Nc3cccc(Cl)c3F)c2cc1O[C@H]1CCN(S(C)(=O)=O)C1. The molecule has 1 aliphatic heterocycles. The second-order valence-electron chi connectivity index (χ2n) is 7.12. The van der Waals surface area contributed by atoms with Crippen LogP contribution in [0.5, 0.6) is 11.5 Å². The Morgan fingerprint density at radius 1 is 1.26 bits per heavy atom. The molecule has 0 saturated carbocycles. The second kappa shape index (κ2) is 8.45. The van der Waals surface area contributed by atoms with Gasteiger partial charge in [0, 0.05) is 18.0 Å². The van der Waals surface area contributed by atoms with Crippen LogP contribution in [0.15, 0.2) is 36.7 Å². The summed E-state index contributed by atoms with van der Waals surface area (Å²) in [6, 6.07) is 8.02. The number of rotatable bonds is 6. The largest absolute Gasteiger partial charge is 0.493 e.